The van der Waals surface area contributed by atoms with Gasteiger partial charge < -0.3 is 14.2 Å². The monoisotopic (exact) mass is 420 g/mol. The first-order chi connectivity index (χ1) is 14.8. The van der Waals surface area contributed by atoms with Gasteiger partial charge in [-0.15, -0.1) is 11.3 Å². The molecule has 1 aliphatic heterocycles. The largest absolute Gasteiger partial charge is 0.484 e. The van der Waals surface area contributed by atoms with Crippen molar-refractivity contribution in [2.24, 2.45) is 0 Å². The number of aromatic nitrogens is 3. The molecule has 8 heteroatoms. The van der Waals surface area contributed by atoms with Gasteiger partial charge in [0.2, 0.25) is 0 Å². The molecule has 1 amide bonds. The van der Waals surface area contributed by atoms with Crippen LogP contribution in [-0.4, -0.2) is 39.1 Å². The first-order valence-corrected chi connectivity index (χ1v) is 10.8. The molecule has 0 spiro atoms. The summed E-state index contributed by atoms with van der Waals surface area (Å²) in [6, 6.07) is 15.0. The van der Waals surface area contributed by atoms with Crippen molar-refractivity contribution in [3.8, 4) is 17.2 Å². The van der Waals surface area contributed by atoms with Crippen LogP contribution in [0, 0.1) is 0 Å². The van der Waals surface area contributed by atoms with Crippen molar-refractivity contribution in [2.75, 3.05) is 13.2 Å². The van der Waals surface area contributed by atoms with Gasteiger partial charge in [-0.1, -0.05) is 23.4 Å². The predicted octanol–water partition coefficient (Wildman–Crippen LogP) is 4.48. The van der Waals surface area contributed by atoms with Crippen molar-refractivity contribution in [3.63, 3.8) is 0 Å². The Hall–Kier alpha value is -3.26. The lowest BCUT2D eigenvalue weighted by molar-refractivity contribution is -0.137. The molecule has 1 fully saturated rings. The van der Waals surface area contributed by atoms with E-state index in [1.54, 1.807) is 11.3 Å². The number of nitrogens with zero attached hydrogens (tertiary/aromatic N) is 4. The maximum atomic E-state index is 12.9. The Kier molecular flexibility index (Phi) is 5.15. The molecule has 2 aromatic carbocycles. The van der Waals surface area contributed by atoms with Crippen molar-refractivity contribution in [2.45, 2.75) is 25.3 Å². The van der Waals surface area contributed by atoms with Crippen LogP contribution in [-0.2, 0) is 4.79 Å². The Morgan fingerprint density at radius 3 is 3.00 bits per heavy atom. The number of rotatable bonds is 5. The van der Waals surface area contributed by atoms with Gasteiger partial charge >= 0.3 is 0 Å². The van der Waals surface area contributed by atoms with E-state index in [1.165, 1.54) is 0 Å². The Labute approximate surface area is 177 Å². The summed E-state index contributed by atoms with van der Waals surface area (Å²) in [5, 5.41) is 4.20. The maximum absolute atomic E-state index is 12.9. The second kappa shape index (κ2) is 8.23. The molecule has 2 aromatic heterocycles. The Balaban J connectivity index is 1.33. The third-order valence-electron chi connectivity index (χ3n) is 5.25. The van der Waals surface area contributed by atoms with Gasteiger partial charge in [-0.05, 0) is 49.6 Å². The first kappa shape index (κ1) is 18.7. The van der Waals surface area contributed by atoms with E-state index in [2.05, 4.69) is 15.1 Å². The topological polar surface area (TPSA) is 81.4 Å². The fraction of sp³-hybridized carbons (Fsp3) is 0.273. The minimum absolute atomic E-state index is 0.00668. The van der Waals surface area contributed by atoms with Crippen molar-refractivity contribution >= 4 is 27.5 Å². The van der Waals surface area contributed by atoms with Gasteiger partial charge in [0.15, 0.2) is 12.4 Å². The zero-order valence-corrected chi connectivity index (χ0v) is 17.0. The van der Waals surface area contributed by atoms with Crippen molar-refractivity contribution in [1.82, 2.24) is 20.0 Å². The van der Waals surface area contributed by atoms with Gasteiger partial charge in [0.1, 0.15) is 5.75 Å². The molecule has 1 aliphatic rings. The van der Waals surface area contributed by atoms with E-state index in [0.717, 1.165) is 35.0 Å². The van der Waals surface area contributed by atoms with Crippen LogP contribution in [0.2, 0.25) is 0 Å². The molecule has 0 bridgehead atoms. The zero-order valence-electron chi connectivity index (χ0n) is 16.2. The molecule has 0 aliphatic carbocycles. The van der Waals surface area contributed by atoms with Gasteiger partial charge in [-0.25, -0.2) is 4.98 Å². The molecule has 0 N–H and O–H groups in total. The highest BCUT2D eigenvalue weighted by atomic mass is 32.1. The summed E-state index contributed by atoms with van der Waals surface area (Å²) in [7, 11) is 0. The van der Waals surface area contributed by atoms with Crippen LogP contribution in [0.1, 0.15) is 31.1 Å². The average Bonchev–Trinajstić information content (AvgIpc) is 3.47. The number of fused-ring (bicyclic) bond motifs is 1. The molecule has 0 saturated carbocycles. The second-order valence-electron chi connectivity index (χ2n) is 7.19. The lowest BCUT2D eigenvalue weighted by atomic mass is 10.0. The molecule has 5 rings (SSSR count). The summed E-state index contributed by atoms with van der Waals surface area (Å²) in [4.78, 5) is 23.6. The smallest absolute Gasteiger partial charge is 0.261 e. The molecule has 1 unspecified atom stereocenters. The number of para-hydroxylation sites is 1. The molecular formula is C22H20N4O3S. The number of amides is 1. The Morgan fingerprint density at radius 1 is 1.20 bits per heavy atom. The highest BCUT2D eigenvalue weighted by Gasteiger charge is 2.32. The molecule has 1 atom stereocenters. The molecule has 30 heavy (non-hydrogen) atoms. The number of benzene rings is 2. The molecule has 7 nitrogen and oxygen atoms in total. The number of likely N-dealkylation sites (tertiary alicyclic amines) is 1. The Morgan fingerprint density at radius 2 is 2.10 bits per heavy atom. The number of thiazole rings is 1. The minimum atomic E-state index is -0.199. The standard InChI is InChI=1S/C22H20N4O3S/c27-20(13-28-16-6-2-1-3-7-16)26-11-5-4-8-18(26)21-24-22(29-25-21)15-9-10-17-19(12-15)30-14-23-17/h1-3,6-7,9-10,12,14,18H,4-5,8,11,13H2. The fourth-order valence-electron chi connectivity index (χ4n) is 3.72. The van der Waals surface area contributed by atoms with Gasteiger partial charge in [-0.3, -0.25) is 4.79 Å². The number of hydrogen-bond acceptors (Lipinski definition) is 7. The summed E-state index contributed by atoms with van der Waals surface area (Å²) in [5.74, 6) is 1.61. The molecule has 152 valence electrons. The number of piperidine rings is 1. The maximum Gasteiger partial charge on any atom is 0.261 e. The van der Waals surface area contributed by atoms with Crippen LogP contribution in [0.3, 0.4) is 0 Å². The van der Waals surface area contributed by atoms with E-state index in [9.17, 15) is 4.79 Å². The van der Waals surface area contributed by atoms with Crippen LogP contribution in [0.5, 0.6) is 5.75 Å². The minimum Gasteiger partial charge on any atom is -0.484 e. The van der Waals surface area contributed by atoms with E-state index in [4.69, 9.17) is 9.26 Å². The van der Waals surface area contributed by atoms with Crippen molar-refractivity contribution in [1.29, 1.82) is 0 Å². The van der Waals surface area contributed by atoms with E-state index < -0.39 is 0 Å². The normalized spacial score (nSPS) is 16.7. The average molecular weight is 420 g/mol. The van der Waals surface area contributed by atoms with E-state index in [1.807, 2.05) is 58.9 Å². The number of carbonyl (C=O) groups excluding carboxylic acids is 1. The SMILES string of the molecule is O=C(COc1ccccc1)N1CCCCC1c1noc(-c2ccc3ncsc3c2)n1. The number of carbonyl (C=O) groups is 1. The van der Waals surface area contributed by atoms with Crippen molar-refractivity contribution in [3.05, 3.63) is 59.9 Å². The number of hydrogen-bond donors (Lipinski definition) is 0. The van der Waals surface area contributed by atoms with Gasteiger partial charge in [0.05, 0.1) is 21.8 Å². The van der Waals surface area contributed by atoms with Crippen molar-refractivity contribution < 1.29 is 14.1 Å². The second-order valence-corrected chi connectivity index (χ2v) is 8.08. The summed E-state index contributed by atoms with van der Waals surface area (Å²) < 4.78 is 12.3. The van der Waals surface area contributed by atoms with Crippen LogP contribution in [0.25, 0.3) is 21.7 Å². The van der Waals surface area contributed by atoms with E-state index in [0.29, 0.717) is 24.0 Å². The third-order valence-corrected chi connectivity index (χ3v) is 6.04. The van der Waals surface area contributed by atoms with Gasteiger partial charge in [0.25, 0.3) is 11.8 Å². The summed E-state index contributed by atoms with van der Waals surface area (Å²) in [6.45, 7) is 0.658. The first-order valence-electron chi connectivity index (χ1n) is 9.92. The van der Waals surface area contributed by atoms with Crippen LogP contribution in [0.4, 0.5) is 0 Å². The molecule has 0 radical (unpaired) electrons. The zero-order chi connectivity index (χ0) is 20.3. The molecule has 3 heterocycles. The highest BCUT2D eigenvalue weighted by molar-refractivity contribution is 7.16. The molecule has 4 aromatic rings. The van der Waals surface area contributed by atoms with Gasteiger partial charge in [-0.2, -0.15) is 4.98 Å². The van der Waals surface area contributed by atoms with E-state index >= 15 is 0 Å². The van der Waals surface area contributed by atoms with Crippen LogP contribution in [0.15, 0.2) is 58.6 Å². The highest BCUT2D eigenvalue weighted by Crippen LogP contribution is 2.32. The summed E-state index contributed by atoms with van der Waals surface area (Å²) >= 11 is 1.57. The summed E-state index contributed by atoms with van der Waals surface area (Å²) in [6.07, 6.45) is 2.79. The third kappa shape index (κ3) is 3.78. The van der Waals surface area contributed by atoms with Crippen LogP contribution >= 0.6 is 11.3 Å². The molecular weight excluding hydrogens is 400 g/mol. The summed E-state index contributed by atoms with van der Waals surface area (Å²) in [5.41, 5.74) is 3.62. The predicted molar refractivity (Wildman–Crippen MR) is 113 cm³/mol. The lowest BCUT2D eigenvalue weighted by Gasteiger charge is -2.33. The van der Waals surface area contributed by atoms with E-state index in [-0.39, 0.29) is 18.6 Å². The van der Waals surface area contributed by atoms with Gasteiger partial charge in [0, 0.05) is 12.1 Å². The number of ether oxygens (including phenoxy) is 1. The lowest BCUT2D eigenvalue weighted by Crippen LogP contribution is -2.41. The Bertz CT molecular complexity index is 1160. The fourth-order valence-corrected chi connectivity index (χ4v) is 4.44. The quantitative estimate of drug-likeness (QED) is 0.474. The van der Waals surface area contributed by atoms with Crippen LogP contribution < -0.4 is 4.74 Å². The molecule has 1 saturated heterocycles.